The van der Waals surface area contributed by atoms with Gasteiger partial charge in [-0.2, -0.15) is 8.42 Å². The Hall–Kier alpha value is -2.39. The normalized spacial score (nSPS) is 20.5. The first-order valence-electron chi connectivity index (χ1n) is 23.2. The molecule has 1 fully saturated rings. The van der Waals surface area contributed by atoms with E-state index in [1.54, 1.807) is 12.2 Å². The minimum Gasteiger partial charge on any atom is -0.458 e. The molecule has 12 nitrogen and oxygen atoms in total. The predicted molar refractivity (Wildman–Crippen MR) is 238 cm³/mol. The van der Waals surface area contributed by atoms with Crippen molar-refractivity contribution in [3.63, 3.8) is 0 Å². The number of aliphatic hydroxyl groups is 3. The van der Waals surface area contributed by atoms with Crippen molar-refractivity contribution in [3.8, 4) is 0 Å². The Balaban J connectivity index is 2.52. The minimum atomic E-state index is -4.62. The van der Waals surface area contributed by atoms with E-state index in [9.17, 15) is 37.9 Å². The lowest BCUT2D eigenvalue weighted by molar-refractivity contribution is -0.297. The fourth-order valence-corrected chi connectivity index (χ4v) is 7.56. The molecular weight excluding hydrogens is 789 g/mol. The van der Waals surface area contributed by atoms with Gasteiger partial charge in [-0.15, -0.1) is 0 Å². The Morgan fingerprint density at radius 3 is 1.65 bits per heavy atom. The molecule has 0 aromatic heterocycles. The zero-order chi connectivity index (χ0) is 44.1. The van der Waals surface area contributed by atoms with Gasteiger partial charge in [-0.3, -0.25) is 9.35 Å². The molecule has 1 heterocycles. The van der Waals surface area contributed by atoms with Gasteiger partial charge in [0.1, 0.15) is 36.8 Å². The van der Waals surface area contributed by atoms with Crippen molar-refractivity contribution in [2.24, 2.45) is 0 Å². The third-order valence-electron chi connectivity index (χ3n) is 10.5. The molecule has 4 N–H and O–H groups in total. The van der Waals surface area contributed by atoms with Crippen LogP contribution in [0.1, 0.15) is 181 Å². The van der Waals surface area contributed by atoms with Crippen LogP contribution in [0, 0.1) is 0 Å². The van der Waals surface area contributed by atoms with Gasteiger partial charge in [0, 0.05) is 12.5 Å². The van der Waals surface area contributed by atoms with Crippen LogP contribution in [0.5, 0.6) is 0 Å². The lowest BCUT2D eigenvalue weighted by Gasteiger charge is -2.40. The van der Waals surface area contributed by atoms with Crippen molar-refractivity contribution in [2.45, 2.75) is 218 Å². The highest BCUT2D eigenvalue weighted by atomic mass is 32.2. The van der Waals surface area contributed by atoms with E-state index in [0.717, 1.165) is 25.7 Å². The maximum Gasteiger partial charge on any atom is 0.330 e. The number of carbonyl (C=O) groups is 2. The molecule has 0 saturated carbocycles. The monoisotopic (exact) mass is 871 g/mol. The molecule has 348 valence electrons. The van der Waals surface area contributed by atoms with Crippen molar-refractivity contribution < 1.29 is 56.8 Å². The molecule has 1 rings (SSSR count). The summed E-state index contributed by atoms with van der Waals surface area (Å²) < 4.78 is 53.8. The molecule has 0 radical (unpaired) electrons. The summed E-state index contributed by atoms with van der Waals surface area (Å²) in [4.78, 5) is 25.3. The summed E-state index contributed by atoms with van der Waals surface area (Å²) in [7, 11) is -4.62. The number of rotatable bonds is 38. The van der Waals surface area contributed by atoms with Gasteiger partial charge in [0.25, 0.3) is 10.1 Å². The Kier molecular flexibility index (Phi) is 34.5. The lowest BCUT2D eigenvalue weighted by Crippen LogP contribution is -2.60. The summed E-state index contributed by atoms with van der Waals surface area (Å²) in [5.74, 6) is -2.30. The first-order valence-corrected chi connectivity index (χ1v) is 24.8. The van der Waals surface area contributed by atoms with E-state index in [0.29, 0.717) is 12.8 Å². The Morgan fingerprint density at radius 2 is 1.12 bits per heavy atom. The second-order valence-electron chi connectivity index (χ2n) is 16.1. The number of unbranched alkanes of at least 4 members (excludes halogenated alkanes) is 21. The molecule has 0 aromatic carbocycles. The van der Waals surface area contributed by atoms with Crippen LogP contribution in [0.15, 0.2) is 48.6 Å². The van der Waals surface area contributed by atoms with E-state index in [4.69, 9.17) is 18.9 Å². The van der Waals surface area contributed by atoms with Crippen molar-refractivity contribution in [1.82, 2.24) is 0 Å². The van der Waals surface area contributed by atoms with E-state index in [-0.39, 0.29) is 6.42 Å². The van der Waals surface area contributed by atoms with Crippen molar-refractivity contribution in [2.75, 3.05) is 19.0 Å². The molecule has 0 aromatic rings. The first kappa shape index (κ1) is 55.6. The highest BCUT2D eigenvalue weighted by Gasteiger charge is 2.46. The largest absolute Gasteiger partial charge is 0.458 e. The predicted octanol–water partition coefficient (Wildman–Crippen LogP) is 9.56. The highest BCUT2D eigenvalue weighted by Crippen LogP contribution is 2.24. The molecule has 1 aliphatic rings. The highest BCUT2D eigenvalue weighted by molar-refractivity contribution is 7.85. The second kappa shape index (κ2) is 37.2. The van der Waals surface area contributed by atoms with Crippen LogP contribution in [-0.4, -0.2) is 96.0 Å². The first-order chi connectivity index (χ1) is 29.0. The standard InChI is InChI=1S/C47H82O12S/c1-3-5-7-9-11-13-15-17-19-20-22-24-26-28-30-32-34-36-43(49)58-40(38-57-47-46(52)45(51)44(50)41(59-47)39-60(53,54)55)37-56-42(48)35-33-31-29-27-25-23-21-18-16-14-12-10-8-6-4-2/h22,24,28-31,33,35,40-41,44-47,50-52H,3-21,23,25-27,32,34,36-39H2,1-2H3,(H,53,54,55)/b24-22+,30-28+,31-29+,35-33+/t40-,41-,44-,45?,46?,47+/m1/s1. The van der Waals surface area contributed by atoms with Crippen LogP contribution >= 0.6 is 0 Å². The number of carbonyl (C=O) groups excluding carboxylic acids is 2. The van der Waals surface area contributed by atoms with Gasteiger partial charge < -0.3 is 34.3 Å². The number of esters is 2. The lowest BCUT2D eigenvalue weighted by atomic mass is 10.00. The summed E-state index contributed by atoms with van der Waals surface area (Å²) in [5, 5.41) is 30.9. The van der Waals surface area contributed by atoms with Crippen LogP contribution in [0.4, 0.5) is 0 Å². The van der Waals surface area contributed by atoms with Gasteiger partial charge in [-0.25, -0.2) is 4.79 Å². The van der Waals surface area contributed by atoms with Crippen LogP contribution in [0.25, 0.3) is 0 Å². The third-order valence-corrected chi connectivity index (χ3v) is 11.2. The van der Waals surface area contributed by atoms with E-state index in [1.807, 2.05) is 12.2 Å². The van der Waals surface area contributed by atoms with Gasteiger partial charge in [-0.05, 0) is 44.9 Å². The Labute approximate surface area is 363 Å². The van der Waals surface area contributed by atoms with Crippen LogP contribution < -0.4 is 0 Å². The van der Waals surface area contributed by atoms with Gasteiger partial charge in [-0.1, -0.05) is 172 Å². The van der Waals surface area contributed by atoms with Crippen LogP contribution in [0.3, 0.4) is 0 Å². The zero-order valence-corrected chi connectivity index (χ0v) is 37.9. The van der Waals surface area contributed by atoms with E-state index in [1.165, 1.54) is 128 Å². The number of ether oxygens (including phenoxy) is 4. The molecule has 60 heavy (non-hydrogen) atoms. The SMILES string of the molecule is CCCCCCCCCCC/C=C/C/C=C/CCCC(=O)O[C@H](COC(=O)/C=C/C=C/CCCCCCCCCCCCC)CO[C@H]1O[C@H](CS(=O)(=O)O)[C@@H](O)C(O)C1O. The van der Waals surface area contributed by atoms with Gasteiger partial charge in [0.05, 0.1) is 6.61 Å². The van der Waals surface area contributed by atoms with E-state index >= 15 is 0 Å². The number of aliphatic hydroxyl groups excluding tert-OH is 3. The Bertz CT molecular complexity index is 1300. The maximum atomic E-state index is 12.8. The Morgan fingerprint density at radius 1 is 0.617 bits per heavy atom. The number of hydrogen-bond acceptors (Lipinski definition) is 11. The van der Waals surface area contributed by atoms with Gasteiger partial charge in [0.15, 0.2) is 12.4 Å². The molecular formula is C47H82O12S. The molecule has 0 bridgehead atoms. The van der Waals surface area contributed by atoms with Crippen molar-refractivity contribution in [3.05, 3.63) is 48.6 Å². The topological polar surface area (TPSA) is 186 Å². The molecule has 6 atom stereocenters. The van der Waals surface area contributed by atoms with E-state index < -0.39 is 77.8 Å². The summed E-state index contributed by atoms with van der Waals surface area (Å²) in [5.41, 5.74) is 0. The molecule has 0 amide bonds. The molecule has 2 unspecified atom stereocenters. The van der Waals surface area contributed by atoms with Gasteiger partial charge in [0.2, 0.25) is 0 Å². The minimum absolute atomic E-state index is 0.0803. The van der Waals surface area contributed by atoms with Crippen molar-refractivity contribution in [1.29, 1.82) is 0 Å². The van der Waals surface area contributed by atoms with Crippen molar-refractivity contribution >= 4 is 22.1 Å². The molecule has 0 aliphatic carbocycles. The van der Waals surface area contributed by atoms with Gasteiger partial charge >= 0.3 is 11.9 Å². The third kappa shape index (κ3) is 31.5. The summed E-state index contributed by atoms with van der Waals surface area (Å²) in [6, 6.07) is 0. The van der Waals surface area contributed by atoms with E-state index in [2.05, 4.69) is 32.1 Å². The smallest absolute Gasteiger partial charge is 0.330 e. The van der Waals surface area contributed by atoms with Crippen LogP contribution in [0.2, 0.25) is 0 Å². The fraction of sp³-hybridized carbons (Fsp3) is 0.787. The zero-order valence-electron chi connectivity index (χ0n) is 37.1. The molecule has 1 saturated heterocycles. The molecule has 1 aliphatic heterocycles. The summed E-state index contributed by atoms with van der Waals surface area (Å²) >= 11 is 0. The van der Waals surface area contributed by atoms with Crippen LogP contribution in [-0.2, 0) is 38.7 Å². The summed E-state index contributed by atoms with van der Waals surface area (Å²) in [6.45, 7) is 3.62. The second-order valence-corrected chi connectivity index (χ2v) is 17.6. The summed E-state index contributed by atoms with van der Waals surface area (Å²) in [6.07, 6.45) is 35.1. The molecule has 0 spiro atoms. The number of allylic oxidation sites excluding steroid dienone is 7. The maximum absolute atomic E-state index is 12.8. The average Bonchev–Trinajstić information content (AvgIpc) is 3.21. The molecule has 13 heteroatoms. The fourth-order valence-electron chi connectivity index (χ4n) is 6.87. The number of hydrogen-bond donors (Lipinski definition) is 4. The average molecular weight is 871 g/mol. The quantitative estimate of drug-likeness (QED) is 0.0115.